The number of aromatic nitrogens is 2. The Kier molecular flexibility index (Phi) is 1.47. The smallest absolute Gasteiger partial charge is 0.187 e. The van der Waals surface area contributed by atoms with Crippen LogP contribution in [0, 0.1) is 0 Å². The Labute approximate surface area is 70.4 Å². The van der Waals surface area contributed by atoms with Gasteiger partial charge in [0.25, 0.3) is 0 Å². The summed E-state index contributed by atoms with van der Waals surface area (Å²) in [5.74, 6) is 0. The van der Waals surface area contributed by atoms with E-state index in [9.17, 15) is 4.79 Å². The molecule has 0 aliphatic carbocycles. The van der Waals surface area contributed by atoms with Crippen molar-refractivity contribution in [2.45, 2.75) is 0 Å². The highest BCUT2D eigenvalue weighted by molar-refractivity contribution is 6.30. The van der Waals surface area contributed by atoms with Crippen LogP contribution in [0.15, 0.2) is 24.4 Å². The number of carbonyl (C=O) groups excluding carboxylic acids is 1. The molecule has 0 fully saturated rings. The standard InChI is InChI=1S/C8H7BN2O/c9-8-10-6(5-12)7-3-1-2-4-11(7)8/h1-5H,9H2. The average molecular weight is 158 g/mol. The van der Waals surface area contributed by atoms with E-state index < -0.39 is 0 Å². The number of nitrogens with zero attached hydrogens (tertiary/aromatic N) is 2. The molecule has 0 saturated heterocycles. The third kappa shape index (κ3) is 0.846. The van der Waals surface area contributed by atoms with Crippen LogP contribution in [0.2, 0.25) is 0 Å². The first-order valence-electron chi connectivity index (χ1n) is 3.72. The minimum absolute atomic E-state index is 0.508. The number of aldehydes is 1. The molecule has 2 rings (SSSR count). The van der Waals surface area contributed by atoms with Gasteiger partial charge in [-0.05, 0) is 12.1 Å². The first-order valence-corrected chi connectivity index (χ1v) is 3.72. The molecule has 0 radical (unpaired) electrons. The second-order valence-electron chi connectivity index (χ2n) is 2.62. The molecule has 0 unspecified atom stereocenters. The first kappa shape index (κ1) is 7.09. The van der Waals surface area contributed by atoms with E-state index in [4.69, 9.17) is 0 Å². The molecule has 4 heteroatoms. The maximum Gasteiger partial charge on any atom is 0.187 e. The van der Waals surface area contributed by atoms with Crippen molar-refractivity contribution < 1.29 is 4.79 Å². The van der Waals surface area contributed by atoms with Gasteiger partial charge in [0.2, 0.25) is 0 Å². The molecule has 0 atom stereocenters. The number of carbonyl (C=O) groups is 1. The van der Waals surface area contributed by atoms with Crippen molar-refractivity contribution in [1.82, 2.24) is 9.38 Å². The van der Waals surface area contributed by atoms with Crippen molar-refractivity contribution >= 4 is 25.4 Å². The van der Waals surface area contributed by atoms with E-state index in [2.05, 4.69) is 4.98 Å². The molecule has 0 bridgehead atoms. The quantitative estimate of drug-likeness (QED) is 0.410. The third-order valence-corrected chi connectivity index (χ3v) is 1.86. The van der Waals surface area contributed by atoms with E-state index in [0.717, 1.165) is 17.5 Å². The zero-order valence-electron chi connectivity index (χ0n) is 6.69. The molecular formula is C8H7BN2O. The zero-order valence-corrected chi connectivity index (χ0v) is 6.69. The second kappa shape index (κ2) is 2.48. The molecule has 0 N–H and O–H groups in total. The highest BCUT2D eigenvalue weighted by Crippen LogP contribution is 2.03. The van der Waals surface area contributed by atoms with Crippen LogP contribution >= 0.6 is 0 Å². The molecule has 0 aliphatic rings. The summed E-state index contributed by atoms with van der Waals surface area (Å²) in [6, 6.07) is 5.68. The predicted octanol–water partition coefficient (Wildman–Crippen LogP) is -0.595. The summed E-state index contributed by atoms with van der Waals surface area (Å²) in [5.41, 5.74) is 2.21. The summed E-state index contributed by atoms with van der Waals surface area (Å²) in [5, 5.41) is 0. The molecule has 2 aromatic rings. The zero-order chi connectivity index (χ0) is 8.55. The van der Waals surface area contributed by atoms with Crippen molar-refractivity contribution in [2.75, 3.05) is 0 Å². The van der Waals surface area contributed by atoms with Gasteiger partial charge in [0.05, 0.1) is 11.2 Å². The van der Waals surface area contributed by atoms with Crippen LogP contribution in [-0.2, 0) is 0 Å². The number of hydrogen-bond acceptors (Lipinski definition) is 2. The number of fused-ring (bicyclic) bond motifs is 1. The van der Waals surface area contributed by atoms with Crippen molar-refractivity contribution in [3.63, 3.8) is 0 Å². The lowest BCUT2D eigenvalue weighted by Gasteiger charge is -1.92. The Balaban J connectivity index is 2.91. The summed E-state index contributed by atoms with van der Waals surface area (Å²) in [6.45, 7) is 0. The fourth-order valence-electron chi connectivity index (χ4n) is 1.31. The SMILES string of the molecule is Bc1nc(C=O)c2ccccn12. The van der Waals surface area contributed by atoms with Crippen LogP contribution in [-0.4, -0.2) is 23.5 Å². The second-order valence-corrected chi connectivity index (χ2v) is 2.62. The van der Waals surface area contributed by atoms with Gasteiger partial charge in [0.1, 0.15) is 5.69 Å². The molecule has 0 saturated carbocycles. The summed E-state index contributed by atoms with van der Waals surface area (Å²) in [6.07, 6.45) is 2.67. The highest BCUT2D eigenvalue weighted by Gasteiger charge is 2.04. The molecule has 2 aromatic heterocycles. The monoisotopic (exact) mass is 158 g/mol. The Hall–Kier alpha value is -1.58. The molecule has 0 aromatic carbocycles. The van der Waals surface area contributed by atoms with Crippen LogP contribution in [0.3, 0.4) is 0 Å². The van der Waals surface area contributed by atoms with Crippen LogP contribution in [0.4, 0.5) is 0 Å². The topological polar surface area (TPSA) is 34.4 Å². The molecule has 12 heavy (non-hydrogen) atoms. The van der Waals surface area contributed by atoms with Gasteiger partial charge in [0, 0.05) is 6.20 Å². The summed E-state index contributed by atoms with van der Waals surface area (Å²) in [7, 11) is 1.88. The van der Waals surface area contributed by atoms with Crippen LogP contribution in [0.5, 0.6) is 0 Å². The summed E-state index contributed by atoms with van der Waals surface area (Å²) < 4.78 is 1.89. The minimum Gasteiger partial charge on any atom is -0.312 e. The Morgan fingerprint density at radius 3 is 3.08 bits per heavy atom. The van der Waals surface area contributed by atoms with E-state index in [1.54, 1.807) is 0 Å². The fourth-order valence-corrected chi connectivity index (χ4v) is 1.31. The van der Waals surface area contributed by atoms with Gasteiger partial charge in [-0.1, -0.05) is 6.07 Å². The lowest BCUT2D eigenvalue weighted by atomic mass is 10.1. The lowest BCUT2D eigenvalue weighted by molar-refractivity contribution is 0.112. The maximum atomic E-state index is 10.6. The van der Waals surface area contributed by atoms with Gasteiger partial charge in [-0.25, -0.2) is 4.98 Å². The summed E-state index contributed by atoms with van der Waals surface area (Å²) >= 11 is 0. The van der Waals surface area contributed by atoms with Gasteiger partial charge in [-0.3, -0.25) is 4.79 Å². The highest BCUT2D eigenvalue weighted by atomic mass is 16.1. The van der Waals surface area contributed by atoms with Crippen molar-refractivity contribution in [1.29, 1.82) is 0 Å². The third-order valence-electron chi connectivity index (χ3n) is 1.86. The van der Waals surface area contributed by atoms with E-state index in [1.807, 2.05) is 36.6 Å². The van der Waals surface area contributed by atoms with Crippen molar-refractivity contribution in [3.8, 4) is 0 Å². The molecule has 0 amide bonds. The first-order chi connectivity index (χ1) is 5.83. The number of imidazole rings is 1. The van der Waals surface area contributed by atoms with Gasteiger partial charge in [-0.15, -0.1) is 0 Å². The van der Waals surface area contributed by atoms with Gasteiger partial charge >= 0.3 is 0 Å². The predicted molar refractivity (Wildman–Crippen MR) is 48.8 cm³/mol. The van der Waals surface area contributed by atoms with Crippen LogP contribution < -0.4 is 5.72 Å². The molecule has 2 heterocycles. The number of rotatable bonds is 1. The average Bonchev–Trinajstić information content (AvgIpc) is 2.44. The van der Waals surface area contributed by atoms with Gasteiger partial charge < -0.3 is 4.40 Å². The number of pyridine rings is 1. The molecule has 0 spiro atoms. The number of hydrogen-bond donors (Lipinski definition) is 0. The Morgan fingerprint density at radius 1 is 1.50 bits per heavy atom. The van der Waals surface area contributed by atoms with Crippen molar-refractivity contribution in [2.24, 2.45) is 0 Å². The van der Waals surface area contributed by atoms with E-state index in [1.165, 1.54) is 0 Å². The minimum atomic E-state index is 0.508. The van der Waals surface area contributed by atoms with Gasteiger partial charge in [0.15, 0.2) is 14.1 Å². The fraction of sp³-hybridized carbons (Fsp3) is 0. The Bertz CT molecular complexity index is 436. The van der Waals surface area contributed by atoms with Crippen LogP contribution in [0.1, 0.15) is 10.5 Å². The molecule has 0 aliphatic heterocycles. The maximum absolute atomic E-state index is 10.6. The molecule has 58 valence electrons. The largest absolute Gasteiger partial charge is 0.312 e. The normalized spacial score (nSPS) is 10.3. The van der Waals surface area contributed by atoms with E-state index in [-0.39, 0.29) is 0 Å². The van der Waals surface area contributed by atoms with E-state index in [0.29, 0.717) is 5.69 Å². The molecular weight excluding hydrogens is 151 g/mol. The Morgan fingerprint density at radius 2 is 2.33 bits per heavy atom. The molecule has 3 nitrogen and oxygen atoms in total. The van der Waals surface area contributed by atoms with Crippen LogP contribution in [0.25, 0.3) is 5.52 Å². The van der Waals surface area contributed by atoms with E-state index >= 15 is 0 Å². The van der Waals surface area contributed by atoms with Gasteiger partial charge in [-0.2, -0.15) is 0 Å². The summed E-state index contributed by atoms with van der Waals surface area (Å²) in [4.78, 5) is 14.7. The lowest BCUT2D eigenvalue weighted by Crippen LogP contribution is -2.11. The van der Waals surface area contributed by atoms with Crippen molar-refractivity contribution in [3.05, 3.63) is 30.1 Å².